The van der Waals surface area contributed by atoms with Gasteiger partial charge in [0, 0.05) is 18.5 Å². The molecule has 0 bridgehead atoms. The molecule has 0 radical (unpaired) electrons. The normalized spacial score (nSPS) is 9.73. The fourth-order valence-corrected chi connectivity index (χ4v) is 0.884. The van der Waals surface area contributed by atoms with Crippen LogP contribution < -0.4 is 0 Å². The first-order valence-corrected chi connectivity index (χ1v) is 3.16. The highest BCUT2D eigenvalue weighted by Crippen LogP contribution is 1.98. The van der Waals surface area contributed by atoms with Crippen LogP contribution >= 0.6 is 0 Å². The van der Waals surface area contributed by atoms with Crippen LogP contribution in [-0.2, 0) is 0 Å². The molecule has 2 heterocycles. The summed E-state index contributed by atoms with van der Waals surface area (Å²) in [7, 11) is 0. The van der Waals surface area contributed by atoms with Gasteiger partial charge in [-0.2, -0.15) is 5.10 Å². The first-order valence-electron chi connectivity index (χ1n) is 3.16. The van der Waals surface area contributed by atoms with Crippen LogP contribution in [0, 0.1) is 12.3 Å². The Bertz CT molecular complexity index is 422. The van der Waals surface area contributed by atoms with Gasteiger partial charge in [0.05, 0.1) is 11.8 Å². The summed E-state index contributed by atoms with van der Waals surface area (Å²) in [6.45, 7) is 0. The van der Waals surface area contributed by atoms with Gasteiger partial charge in [0.1, 0.15) is 0 Å². The van der Waals surface area contributed by atoms with E-state index in [1.165, 1.54) is 0 Å². The lowest BCUT2D eigenvalue weighted by molar-refractivity contribution is 0.935. The average molecular weight is 143 g/mol. The monoisotopic (exact) mass is 143 g/mol. The minimum Gasteiger partial charge on any atom is -0.236 e. The second-order valence-corrected chi connectivity index (χ2v) is 2.12. The van der Waals surface area contributed by atoms with Crippen molar-refractivity contribution < 1.29 is 0 Å². The predicted octanol–water partition coefficient (Wildman–Crippen LogP) is 0.711. The standard InChI is InChI=1S/C8H5N3/c1-2-7-5-9-8-3-4-10-11(8)6-7/h1,3-6H. The van der Waals surface area contributed by atoms with Crippen LogP contribution in [0.5, 0.6) is 0 Å². The van der Waals surface area contributed by atoms with Gasteiger partial charge in [0.15, 0.2) is 5.65 Å². The third-order valence-corrected chi connectivity index (χ3v) is 1.41. The third-order valence-electron chi connectivity index (χ3n) is 1.41. The van der Waals surface area contributed by atoms with Crippen molar-refractivity contribution in [2.75, 3.05) is 0 Å². The average Bonchev–Trinajstić information content (AvgIpc) is 2.50. The van der Waals surface area contributed by atoms with Crippen LogP contribution in [0.2, 0.25) is 0 Å². The summed E-state index contributed by atoms with van der Waals surface area (Å²) in [5, 5.41) is 3.99. The highest BCUT2D eigenvalue weighted by Gasteiger charge is 1.93. The maximum Gasteiger partial charge on any atom is 0.154 e. The van der Waals surface area contributed by atoms with E-state index in [1.54, 1.807) is 23.1 Å². The Kier molecular flexibility index (Phi) is 1.13. The molecule has 0 aliphatic carbocycles. The first kappa shape index (κ1) is 5.93. The largest absolute Gasteiger partial charge is 0.236 e. The molecule has 0 saturated carbocycles. The molecule has 3 nitrogen and oxygen atoms in total. The molecule has 52 valence electrons. The highest BCUT2D eigenvalue weighted by molar-refractivity contribution is 5.39. The van der Waals surface area contributed by atoms with Crippen LogP contribution in [0.3, 0.4) is 0 Å². The molecule has 0 atom stereocenters. The zero-order valence-electron chi connectivity index (χ0n) is 5.73. The molecule has 2 aromatic rings. The molecular formula is C8H5N3. The maximum absolute atomic E-state index is 5.18. The molecule has 2 rings (SSSR count). The number of hydrogen-bond acceptors (Lipinski definition) is 2. The van der Waals surface area contributed by atoms with Gasteiger partial charge < -0.3 is 0 Å². The predicted molar refractivity (Wildman–Crippen MR) is 40.9 cm³/mol. The van der Waals surface area contributed by atoms with Crippen molar-refractivity contribution in [3.8, 4) is 12.3 Å². The first-order chi connectivity index (χ1) is 5.40. The minimum atomic E-state index is 0.737. The van der Waals surface area contributed by atoms with E-state index in [0.717, 1.165) is 11.2 Å². The van der Waals surface area contributed by atoms with Crippen LogP contribution in [0.4, 0.5) is 0 Å². The van der Waals surface area contributed by atoms with Gasteiger partial charge in [-0.05, 0) is 0 Å². The van der Waals surface area contributed by atoms with Crippen LogP contribution in [0.15, 0.2) is 24.7 Å². The molecule has 0 fully saturated rings. The highest BCUT2D eigenvalue weighted by atomic mass is 15.2. The fourth-order valence-electron chi connectivity index (χ4n) is 0.884. The molecule has 0 aliphatic heterocycles. The summed E-state index contributed by atoms with van der Waals surface area (Å²) < 4.78 is 1.65. The Morgan fingerprint density at radius 2 is 2.45 bits per heavy atom. The smallest absolute Gasteiger partial charge is 0.154 e. The molecule has 3 heteroatoms. The van der Waals surface area contributed by atoms with Gasteiger partial charge in [-0.1, -0.05) is 5.92 Å². The quantitative estimate of drug-likeness (QED) is 0.508. The Labute approximate surface area is 63.7 Å². The molecule has 2 aromatic heterocycles. The summed E-state index contributed by atoms with van der Waals surface area (Å²) in [4.78, 5) is 4.07. The SMILES string of the molecule is C#Cc1cnc2ccnn2c1. The second-order valence-electron chi connectivity index (χ2n) is 2.12. The van der Waals surface area contributed by atoms with Gasteiger partial charge in [-0.15, -0.1) is 6.42 Å². The summed E-state index contributed by atoms with van der Waals surface area (Å²) >= 11 is 0. The number of nitrogens with zero attached hydrogens (tertiary/aromatic N) is 3. The number of hydrogen-bond donors (Lipinski definition) is 0. The van der Waals surface area contributed by atoms with Crippen molar-refractivity contribution in [1.82, 2.24) is 14.6 Å². The molecule has 11 heavy (non-hydrogen) atoms. The van der Waals surface area contributed by atoms with Crippen molar-refractivity contribution in [3.63, 3.8) is 0 Å². The third kappa shape index (κ3) is 0.849. The van der Waals surface area contributed by atoms with E-state index >= 15 is 0 Å². The van der Waals surface area contributed by atoms with Crippen molar-refractivity contribution in [3.05, 3.63) is 30.2 Å². The van der Waals surface area contributed by atoms with Crippen LogP contribution in [0.25, 0.3) is 5.65 Å². The Balaban J connectivity index is 2.79. The topological polar surface area (TPSA) is 30.2 Å². The van der Waals surface area contributed by atoms with E-state index in [-0.39, 0.29) is 0 Å². The molecule has 0 amide bonds. The lowest BCUT2D eigenvalue weighted by Crippen LogP contribution is -1.90. The molecule has 0 saturated heterocycles. The summed E-state index contributed by atoms with van der Waals surface area (Å²) in [5.74, 6) is 2.49. The zero-order chi connectivity index (χ0) is 7.68. The van der Waals surface area contributed by atoms with Gasteiger partial charge in [-0.25, -0.2) is 9.50 Å². The molecule has 0 spiro atoms. The Hall–Kier alpha value is -1.82. The zero-order valence-corrected chi connectivity index (χ0v) is 5.73. The van der Waals surface area contributed by atoms with Crippen LogP contribution in [-0.4, -0.2) is 14.6 Å². The second kappa shape index (κ2) is 2.10. The van der Waals surface area contributed by atoms with Crippen molar-refractivity contribution in [2.45, 2.75) is 0 Å². The summed E-state index contributed by atoms with van der Waals surface area (Å²) in [5.41, 5.74) is 1.55. The van der Waals surface area contributed by atoms with Gasteiger partial charge in [-0.3, -0.25) is 0 Å². The van der Waals surface area contributed by atoms with E-state index < -0.39 is 0 Å². The lowest BCUT2D eigenvalue weighted by atomic mass is 10.4. The summed E-state index contributed by atoms with van der Waals surface area (Å²) in [6, 6.07) is 1.82. The number of fused-ring (bicyclic) bond motifs is 1. The Morgan fingerprint density at radius 1 is 1.55 bits per heavy atom. The van der Waals surface area contributed by atoms with E-state index in [4.69, 9.17) is 6.42 Å². The van der Waals surface area contributed by atoms with Gasteiger partial charge in [0.25, 0.3) is 0 Å². The van der Waals surface area contributed by atoms with Crippen molar-refractivity contribution in [1.29, 1.82) is 0 Å². The lowest BCUT2D eigenvalue weighted by Gasteiger charge is -1.91. The molecule has 0 aliphatic rings. The molecular weight excluding hydrogens is 138 g/mol. The fraction of sp³-hybridized carbons (Fsp3) is 0. The number of aromatic nitrogens is 3. The van der Waals surface area contributed by atoms with E-state index in [9.17, 15) is 0 Å². The molecule has 0 unspecified atom stereocenters. The number of rotatable bonds is 0. The van der Waals surface area contributed by atoms with E-state index in [0.29, 0.717) is 0 Å². The molecule has 0 N–H and O–H groups in total. The maximum atomic E-state index is 5.18. The van der Waals surface area contributed by atoms with Gasteiger partial charge in [0.2, 0.25) is 0 Å². The minimum absolute atomic E-state index is 0.737. The molecule has 0 aromatic carbocycles. The summed E-state index contributed by atoms with van der Waals surface area (Å²) in [6.07, 6.45) is 10.3. The van der Waals surface area contributed by atoms with Gasteiger partial charge >= 0.3 is 0 Å². The van der Waals surface area contributed by atoms with E-state index in [2.05, 4.69) is 16.0 Å². The van der Waals surface area contributed by atoms with Crippen LogP contribution in [0.1, 0.15) is 5.56 Å². The van der Waals surface area contributed by atoms with Crippen molar-refractivity contribution >= 4 is 5.65 Å². The van der Waals surface area contributed by atoms with Crippen molar-refractivity contribution in [2.24, 2.45) is 0 Å². The van der Waals surface area contributed by atoms with E-state index in [1.807, 2.05) is 6.07 Å². The Morgan fingerprint density at radius 3 is 3.27 bits per heavy atom. The number of terminal acetylenes is 1.